The predicted molar refractivity (Wildman–Crippen MR) is 140 cm³/mol. The van der Waals surface area contributed by atoms with Crippen molar-refractivity contribution in [1.82, 2.24) is 5.43 Å². The van der Waals surface area contributed by atoms with Gasteiger partial charge in [0.25, 0.3) is 21.9 Å². The van der Waals surface area contributed by atoms with Crippen molar-refractivity contribution in [3.63, 3.8) is 0 Å². The zero-order valence-electron chi connectivity index (χ0n) is 18.6. The van der Waals surface area contributed by atoms with Gasteiger partial charge in [-0.15, -0.1) is 0 Å². The van der Waals surface area contributed by atoms with Crippen LogP contribution in [0.2, 0.25) is 5.02 Å². The number of anilines is 1. The number of carbonyl (C=O) groups excluding carboxylic acids is 2. The van der Waals surface area contributed by atoms with Gasteiger partial charge in [0.1, 0.15) is 5.82 Å². The molecule has 0 aliphatic heterocycles. The SMILES string of the molecule is O=C(Nc1ccc(Cl)cc1C(=O)N/N=C/c1ccc(F)cc1)c1cccc(CSCCS(=O)(=O)O)c1. The highest BCUT2D eigenvalue weighted by Crippen LogP contribution is 2.22. The lowest BCUT2D eigenvalue weighted by Gasteiger charge is -2.11. The minimum absolute atomic E-state index is 0.0871. The number of thioether (sulfide) groups is 1. The van der Waals surface area contributed by atoms with Gasteiger partial charge in [-0.2, -0.15) is 25.3 Å². The van der Waals surface area contributed by atoms with Crippen molar-refractivity contribution in [2.45, 2.75) is 5.75 Å². The largest absolute Gasteiger partial charge is 0.321 e. The van der Waals surface area contributed by atoms with Crippen LogP contribution in [0.3, 0.4) is 0 Å². The summed E-state index contributed by atoms with van der Waals surface area (Å²) < 4.78 is 43.5. The second-order valence-corrected chi connectivity index (χ2v) is 10.5. The predicted octanol–water partition coefficient (Wildman–Crippen LogP) is 4.62. The number of halogens is 2. The lowest BCUT2D eigenvalue weighted by molar-refractivity contribution is 0.0956. The summed E-state index contributed by atoms with van der Waals surface area (Å²) >= 11 is 7.35. The fourth-order valence-corrected chi connectivity index (χ4v) is 4.98. The average Bonchev–Trinajstić information content (AvgIpc) is 2.83. The van der Waals surface area contributed by atoms with E-state index in [1.54, 1.807) is 24.3 Å². The number of carbonyl (C=O) groups is 2. The number of amides is 2. The summed E-state index contributed by atoms with van der Waals surface area (Å²) in [5.41, 5.74) is 4.35. The Morgan fingerprint density at radius 3 is 2.53 bits per heavy atom. The van der Waals surface area contributed by atoms with Crippen molar-refractivity contribution in [2.24, 2.45) is 5.10 Å². The molecular formula is C24H21ClFN3O5S2. The molecule has 0 unspecified atom stereocenters. The molecule has 188 valence electrons. The number of hydrogen-bond donors (Lipinski definition) is 3. The second-order valence-electron chi connectivity index (χ2n) is 7.43. The molecule has 0 saturated heterocycles. The van der Waals surface area contributed by atoms with E-state index in [-0.39, 0.29) is 27.8 Å². The first-order valence-electron chi connectivity index (χ1n) is 10.4. The number of rotatable bonds is 10. The first-order valence-corrected chi connectivity index (χ1v) is 13.6. The van der Waals surface area contributed by atoms with Crippen molar-refractivity contribution in [3.8, 4) is 0 Å². The van der Waals surface area contributed by atoms with Crippen LogP contribution in [-0.4, -0.2) is 42.5 Å². The average molecular weight is 550 g/mol. The smallest absolute Gasteiger partial charge is 0.273 e. The molecule has 0 aliphatic rings. The standard InChI is InChI=1S/C24H21ClFN3O5S2/c25-19-6-9-22(21(13-19)24(31)29-27-14-16-4-7-20(26)8-5-16)28-23(30)18-3-1-2-17(12-18)15-35-10-11-36(32,33)34/h1-9,12-14H,10-11,15H2,(H,28,30)(H,29,31)(H,32,33,34)/b27-14+. The Labute approximate surface area is 216 Å². The molecule has 8 nitrogen and oxygen atoms in total. The first-order chi connectivity index (χ1) is 17.1. The minimum Gasteiger partial charge on any atom is -0.321 e. The number of hydrazone groups is 1. The van der Waals surface area contributed by atoms with Crippen molar-refractivity contribution in [2.75, 3.05) is 16.8 Å². The summed E-state index contributed by atoms with van der Waals surface area (Å²) in [6.07, 6.45) is 1.35. The topological polar surface area (TPSA) is 125 Å². The van der Waals surface area contributed by atoms with E-state index < -0.39 is 27.7 Å². The van der Waals surface area contributed by atoms with Gasteiger partial charge in [-0.1, -0.05) is 35.9 Å². The molecule has 3 N–H and O–H groups in total. The summed E-state index contributed by atoms with van der Waals surface area (Å²) in [4.78, 5) is 25.6. The third kappa shape index (κ3) is 8.76. The molecule has 0 fully saturated rings. The van der Waals surface area contributed by atoms with Crippen LogP contribution < -0.4 is 10.7 Å². The van der Waals surface area contributed by atoms with E-state index in [1.807, 2.05) is 0 Å². The second kappa shape index (κ2) is 12.6. The fourth-order valence-electron chi connectivity index (χ4n) is 2.94. The molecule has 0 aliphatic carbocycles. The molecule has 3 aromatic carbocycles. The fraction of sp³-hybridized carbons (Fsp3) is 0.125. The van der Waals surface area contributed by atoms with Gasteiger partial charge in [0.05, 0.1) is 23.2 Å². The summed E-state index contributed by atoms with van der Waals surface area (Å²) in [5.74, 6) is -1.18. The molecule has 0 aromatic heterocycles. The molecule has 3 aromatic rings. The van der Waals surface area contributed by atoms with E-state index in [0.29, 0.717) is 16.9 Å². The molecule has 0 bridgehead atoms. The summed E-state index contributed by atoms with van der Waals surface area (Å²) in [6, 6.07) is 16.7. The summed E-state index contributed by atoms with van der Waals surface area (Å²) in [6.45, 7) is 0. The maximum absolute atomic E-state index is 13.0. The molecule has 0 heterocycles. The highest BCUT2D eigenvalue weighted by Gasteiger charge is 2.15. The molecule has 2 amide bonds. The Balaban J connectivity index is 1.67. The lowest BCUT2D eigenvalue weighted by Crippen LogP contribution is -2.21. The van der Waals surface area contributed by atoms with Crippen LogP contribution in [0.1, 0.15) is 31.8 Å². The summed E-state index contributed by atoms with van der Waals surface area (Å²) in [5, 5.41) is 6.83. The van der Waals surface area contributed by atoms with Crippen LogP contribution in [-0.2, 0) is 15.9 Å². The van der Waals surface area contributed by atoms with Gasteiger partial charge in [-0.25, -0.2) is 9.82 Å². The van der Waals surface area contributed by atoms with Crippen LogP contribution in [0.15, 0.2) is 71.8 Å². The van der Waals surface area contributed by atoms with E-state index in [0.717, 1.165) is 5.56 Å². The van der Waals surface area contributed by atoms with Gasteiger partial charge in [0.2, 0.25) is 0 Å². The molecular weight excluding hydrogens is 529 g/mol. The van der Waals surface area contributed by atoms with Crippen molar-refractivity contribution >= 4 is 57.2 Å². The van der Waals surface area contributed by atoms with E-state index in [2.05, 4.69) is 15.8 Å². The maximum atomic E-state index is 13.0. The quantitative estimate of drug-likeness (QED) is 0.147. The number of nitrogens with zero attached hydrogens (tertiary/aromatic N) is 1. The number of benzene rings is 3. The van der Waals surface area contributed by atoms with Crippen molar-refractivity contribution < 1.29 is 27.0 Å². The lowest BCUT2D eigenvalue weighted by atomic mass is 10.1. The van der Waals surface area contributed by atoms with Crippen LogP contribution in [0.5, 0.6) is 0 Å². The van der Waals surface area contributed by atoms with Crippen molar-refractivity contribution in [1.29, 1.82) is 0 Å². The van der Waals surface area contributed by atoms with Gasteiger partial charge in [0, 0.05) is 22.1 Å². The number of hydrogen-bond acceptors (Lipinski definition) is 6. The van der Waals surface area contributed by atoms with Gasteiger partial charge >= 0.3 is 0 Å². The Bertz CT molecular complexity index is 1380. The van der Waals surface area contributed by atoms with Gasteiger partial charge < -0.3 is 5.32 Å². The van der Waals surface area contributed by atoms with Crippen LogP contribution in [0.25, 0.3) is 0 Å². The van der Waals surface area contributed by atoms with E-state index in [1.165, 1.54) is 60.4 Å². The van der Waals surface area contributed by atoms with E-state index >= 15 is 0 Å². The van der Waals surface area contributed by atoms with Crippen LogP contribution in [0, 0.1) is 5.82 Å². The Hall–Kier alpha value is -3.25. The maximum Gasteiger partial charge on any atom is 0.273 e. The van der Waals surface area contributed by atoms with E-state index in [4.69, 9.17) is 16.2 Å². The third-order valence-electron chi connectivity index (χ3n) is 4.67. The Morgan fingerprint density at radius 1 is 1.06 bits per heavy atom. The molecule has 0 saturated carbocycles. The van der Waals surface area contributed by atoms with Crippen molar-refractivity contribution in [3.05, 3.63) is 99.8 Å². The van der Waals surface area contributed by atoms with Gasteiger partial charge in [-0.3, -0.25) is 14.1 Å². The zero-order chi connectivity index (χ0) is 26.1. The molecule has 36 heavy (non-hydrogen) atoms. The molecule has 0 atom stereocenters. The monoisotopic (exact) mass is 549 g/mol. The Kier molecular flexibility index (Phi) is 9.59. The highest BCUT2D eigenvalue weighted by atomic mass is 35.5. The van der Waals surface area contributed by atoms with Gasteiger partial charge in [0.15, 0.2) is 0 Å². The van der Waals surface area contributed by atoms with E-state index in [9.17, 15) is 22.4 Å². The number of nitrogens with one attached hydrogen (secondary N) is 2. The summed E-state index contributed by atoms with van der Waals surface area (Å²) in [7, 11) is -4.02. The van der Waals surface area contributed by atoms with Gasteiger partial charge in [-0.05, 0) is 53.6 Å². The zero-order valence-corrected chi connectivity index (χ0v) is 21.0. The normalized spacial score (nSPS) is 11.4. The first kappa shape index (κ1) is 27.3. The molecule has 0 radical (unpaired) electrons. The molecule has 3 rings (SSSR count). The molecule has 12 heteroatoms. The Morgan fingerprint density at radius 2 is 1.81 bits per heavy atom. The molecule has 0 spiro atoms. The highest BCUT2D eigenvalue weighted by molar-refractivity contribution is 7.99. The minimum atomic E-state index is -4.02. The third-order valence-corrected chi connectivity index (χ3v) is 6.91. The van der Waals surface area contributed by atoms with Crippen LogP contribution >= 0.6 is 23.4 Å². The van der Waals surface area contributed by atoms with Crippen LogP contribution in [0.4, 0.5) is 10.1 Å².